The molecule has 17 heavy (non-hydrogen) atoms. The Bertz CT molecular complexity index is 293. The van der Waals surface area contributed by atoms with Crippen LogP contribution in [0.2, 0.25) is 0 Å². The van der Waals surface area contributed by atoms with Crippen molar-refractivity contribution in [2.45, 2.75) is 71.8 Å². The predicted molar refractivity (Wildman–Crippen MR) is 74.0 cm³/mol. The summed E-state index contributed by atoms with van der Waals surface area (Å²) in [6, 6.07) is 6.42. The number of aromatic nitrogens is 1. The Morgan fingerprint density at radius 2 is 1.53 bits per heavy atom. The van der Waals surface area contributed by atoms with Gasteiger partial charge in [0.2, 0.25) is 0 Å². The Morgan fingerprint density at radius 1 is 0.882 bits per heavy atom. The zero-order chi connectivity index (χ0) is 12.3. The average molecular weight is 234 g/mol. The molecule has 0 fully saturated rings. The van der Waals surface area contributed by atoms with E-state index >= 15 is 0 Å². The van der Waals surface area contributed by atoms with Crippen molar-refractivity contribution >= 4 is 0 Å². The fourth-order valence-corrected chi connectivity index (χ4v) is 2.23. The molecule has 96 valence electrons. The van der Waals surface area contributed by atoms with E-state index in [0.29, 0.717) is 0 Å². The molecule has 0 radical (unpaired) electrons. The van der Waals surface area contributed by atoms with Crippen LogP contribution in [-0.4, -0.2) is 0 Å². The first-order valence-corrected chi connectivity index (χ1v) is 7.29. The minimum absolute atomic E-state index is 1.18. The summed E-state index contributed by atoms with van der Waals surface area (Å²) >= 11 is 0. The van der Waals surface area contributed by atoms with Gasteiger partial charge >= 0.3 is 0 Å². The first-order chi connectivity index (χ1) is 8.34. The van der Waals surface area contributed by atoms with Gasteiger partial charge in [-0.25, -0.2) is 4.57 Å². The predicted octanol–water partition coefficient (Wildman–Crippen LogP) is 4.42. The number of hydrogen-bond donors (Lipinski definition) is 0. The van der Waals surface area contributed by atoms with E-state index in [1.807, 2.05) is 0 Å². The lowest BCUT2D eigenvalue weighted by molar-refractivity contribution is -0.703. The van der Waals surface area contributed by atoms with E-state index in [0.717, 1.165) is 0 Å². The quantitative estimate of drug-likeness (QED) is 0.440. The monoisotopic (exact) mass is 234 g/mol. The Kier molecular flexibility index (Phi) is 7.70. The lowest BCUT2D eigenvalue weighted by Gasteiger charge is -2.01. The van der Waals surface area contributed by atoms with Crippen LogP contribution in [-0.2, 0) is 6.54 Å². The highest BCUT2D eigenvalue weighted by atomic mass is 14.9. The zero-order valence-electron chi connectivity index (χ0n) is 11.6. The van der Waals surface area contributed by atoms with Gasteiger partial charge in [0.1, 0.15) is 6.54 Å². The number of pyridine rings is 1. The SMILES string of the molecule is CCCCCCCCCC[n+]1ccccc1C. The fraction of sp³-hybridized carbons (Fsp3) is 0.688. The first kappa shape index (κ1) is 14.2. The molecule has 0 unspecified atom stereocenters. The summed E-state index contributed by atoms with van der Waals surface area (Å²) in [7, 11) is 0. The first-order valence-electron chi connectivity index (χ1n) is 7.29. The van der Waals surface area contributed by atoms with E-state index in [1.165, 1.54) is 63.6 Å². The molecule has 0 aliphatic heterocycles. The molecule has 0 saturated heterocycles. The van der Waals surface area contributed by atoms with Crippen molar-refractivity contribution in [1.29, 1.82) is 0 Å². The molecule has 1 heteroatoms. The second-order valence-corrected chi connectivity index (χ2v) is 5.01. The van der Waals surface area contributed by atoms with Crippen LogP contribution in [0.5, 0.6) is 0 Å². The molecule has 0 aliphatic carbocycles. The van der Waals surface area contributed by atoms with Crippen LogP contribution < -0.4 is 4.57 Å². The summed E-state index contributed by atoms with van der Waals surface area (Å²) in [4.78, 5) is 0. The number of hydrogen-bond acceptors (Lipinski definition) is 0. The maximum absolute atomic E-state index is 2.36. The molecule has 1 rings (SSSR count). The summed E-state index contributed by atoms with van der Waals surface area (Å²) in [6.07, 6.45) is 13.4. The summed E-state index contributed by atoms with van der Waals surface area (Å²) in [5.41, 5.74) is 1.37. The number of unbranched alkanes of at least 4 members (excludes halogenated alkanes) is 7. The van der Waals surface area contributed by atoms with Crippen LogP contribution in [0.15, 0.2) is 24.4 Å². The number of rotatable bonds is 9. The van der Waals surface area contributed by atoms with Gasteiger partial charge in [-0.15, -0.1) is 0 Å². The summed E-state index contributed by atoms with van der Waals surface area (Å²) in [5, 5.41) is 0. The van der Waals surface area contributed by atoms with Gasteiger partial charge in [-0.1, -0.05) is 51.5 Å². The van der Waals surface area contributed by atoms with Gasteiger partial charge < -0.3 is 0 Å². The van der Waals surface area contributed by atoms with Crippen LogP contribution in [0.1, 0.15) is 64.0 Å². The molecular weight excluding hydrogens is 206 g/mol. The highest BCUT2D eigenvalue weighted by Gasteiger charge is 2.02. The lowest BCUT2D eigenvalue weighted by Crippen LogP contribution is -2.36. The smallest absolute Gasteiger partial charge is 0.178 e. The molecule has 0 amide bonds. The molecule has 0 saturated carbocycles. The molecule has 1 aromatic rings. The van der Waals surface area contributed by atoms with E-state index in [2.05, 4.69) is 42.8 Å². The van der Waals surface area contributed by atoms with Gasteiger partial charge in [0, 0.05) is 25.5 Å². The Morgan fingerprint density at radius 3 is 2.18 bits per heavy atom. The average Bonchev–Trinajstić information content (AvgIpc) is 2.35. The fourth-order valence-electron chi connectivity index (χ4n) is 2.23. The summed E-state index contributed by atoms with van der Waals surface area (Å²) in [5.74, 6) is 0. The highest BCUT2D eigenvalue weighted by molar-refractivity contribution is 4.93. The molecule has 1 aromatic heterocycles. The summed E-state index contributed by atoms with van der Waals surface area (Å²) in [6.45, 7) is 5.64. The van der Waals surface area contributed by atoms with Crippen LogP contribution in [0, 0.1) is 6.92 Å². The van der Waals surface area contributed by atoms with E-state index in [9.17, 15) is 0 Å². The molecule has 1 heterocycles. The van der Waals surface area contributed by atoms with Gasteiger partial charge in [-0.2, -0.15) is 0 Å². The normalized spacial score (nSPS) is 10.7. The van der Waals surface area contributed by atoms with E-state index in [-0.39, 0.29) is 0 Å². The van der Waals surface area contributed by atoms with Crippen molar-refractivity contribution < 1.29 is 4.57 Å². The van der Waals surface area contributed by atoms with E-state index in [4.69, 9.17) is 0 Å². The van der Waals surface area contributed by atoms with Gasteiger partial charge in [-0.05, 0) is 6.42 Å². The molecule has 0 spiro atoms. The maximum Gasteiger partial charge on any atom is 0.178 e. The minimum atomic E-state index is 1.18. The second-order valence-electron chi connectivity index (χ2n) is 5.01. The third-order valence-electron chi connectivity index (χ3n) is 3.42. The number of aryl methyl sites for hydroxylation is 2. The zero-order valence-corrected chi connectivity index (χ0v) is 11.6. The van der Waals surface area contributed by atoms with E-state index in [1.54, 1.807) is 0 Å². The standard InChI is InChI=1S/C16H28N/c1-3-4-5-6-7-8-9-11-14-17-15-12-10-13-16(17)2/h10,12-13,15H,3-9,11,14H2,1-2H3/q+1. The molecule has 0 bridgehead atoms. The van der Waals surface area contributed by atoms with E-state index < -0.39 is 0 Å². The van der Waals surface area contributed by atoms with Crippen LogP contribution in [0.4, 0.5) is 0 Å². The maximum atomic E-state index is 2.36. The molecule has 0 aliphatic rings. The van der Waals surface area contributed by atoms with Crippen LogP contribution in [0.25, 0.3) is 0 Å². The highest BCUT2D eigenvalue weighted by Crippen LogP contribution is 2.08. The van der Waals surface area contributed by atoms with Crippen molar-refractivity contribution in [2.75, 3.05) is 0 Å². The minimum Gasteiger partial charge on any atom is -0.203 e. The van der Waals surface area contributed by atoms with Gasteiger partial charge in [0.15, 0.2) is 11.9 Å². The van der Waals surface area contributed by atoms with Crippen molar-refractivity contribution in [3.05, 3.63) is 30.1 Å². The lowest BCUT2D eigenvalue weighted by atomic mass is 10.1. The molecule has 0 atom stereocenters. The van der Waals surface area contributed by atoms with Crippen molar-refractivity contribution in [3.63, 3.8) is 0 Å². The third-order valence-corrected chi connectivity index (χ3v) is 3.42. The number of nitrogens with zero attached hydrogens (tertiary/aromatic N) is 1. The third kappa shape index (κ3) is 6.45. The molecule has 1 nitrogen and oxygen atoms in total. The Hall–Kier alpha value is -0.850. The summed E-state index contributed by atoms with van der Waals surface area (Å²) < 4.78 is 2.36. The van der Waals surface area contributed by atoms with Crippen LogP contribution in [0.3, 0.4) is 0 Å². The van der Waals surface area contributed by atoms with Crippen LogP contribution >= 0.6 is 0 Å². The Balaban J connectivity index is 1.99. The topological polar surface area (TPSA) is 3.88 Å². The Labute approximate surface area is 107 Å². The van der Waals surface area contributed by atoms with Crippen molar-refractivity contribution in [1.82, 2.24) is 0 Å². The largest absolute Gasteiger partial charge is 0.203 e. The van der Waals surface area contributed by atoms with Crippen molar-refractivity contribution in [3.8, 4) is 0 Å². The molecule has 0 aromatic carbocycles. The second kappa shape index (κ2) is 9.21. The van der Waals surface area contributed by atoms with Gasteiger partial charge in [-0.3, -0.25) is 0 Å². The molecule has 0 N–H and O–H groups in total. The van der Waals surface area contributed by atoms with Crippen molar-refractivity contribution in [2.24, 2.45) is 0 Å². The molecular formula is C16H28N+. The van der Waals surface area contributed by atoms with Gasteiger partial charge in [0.05, 0.1) is 0 Å². The van der Waals surface area contributed by atoms with Gasteiger partial charge in [0.25, 0.3) is 0 Å².